The summed E-state index contributed by atoms with van der Waals surface area (Å²) in [5.74, 6) is 0.795. The first-order valence-electron chi connectivity index (χ1n) is 4.73. The Morgan fingerprint density at radius 2 is 2.07 bits per heavy atom. The van der Waals surface area contributed by atoms with Gasteiger partial charge in [0.1, 0.15) is 5.75 Å². The van der Waals surface area contributed by atoms with Crippen molar-refractivity contribution in [2.45, 2.75) is 6.92 Å². The second kappa shape index (κ2) is 4.09. The van der Waals surface area contributed by atoms with Crippen LogP contribution in [0, 0.1) is 6.92 Å². The lowest BCUT2D eigenvalue weighted by molar-refractivity contribution is 0.416. The Hall–Kier alpha value is -1.90. The number of pyridine rings is 2. The molecule has 3 heteroatoms. The number of aryl methyl sites for hydroxylation is 1. The lowest BCUT2D eigenvalue weighted by Gasteiger charge is -2.06. The van der Waals surface area contributed by atoms with Crippen molar-refractivity contribution < 1.29 is 4.74 Å². The Bertz CT molecular complexity index is 469. The van der Waals surface area contributed by atoms with Gasteiger partial charge in [0.15, 0.2) is 0 Å². The average molecular weight is 200 g/mol. The summed E-state index contributed by atoms with van der Waals surface area (Å²) in [5, 5.41) is 0. The Morgan fingerprint density at radius 3 is 2.80 bits per heavy atom. The molecule has 3 nitrogen and oxygen atoms in total. The second-order valence-electron chi connectivity index (χ2n) is 3.24. The van der Waals surface area contributed by atoms with Crippen LogP contribution in [0.25, 0.3) is 11.3 Å². The van der Waals surface area contributed by atoms with E-state index in [1.54, 1.807) is 19.5 Å². The number of aromatic nitrogens is 2. The van der Waals surface area contributed by atoms with Gasteiger partial charge in [-0.25, -0.2) is 0 Å². The lowest BCUT2D eigenvalue weighted by atomic mass is 10.1. The third-order valence-electron chi connectivity index (χ3n) is 2.17. The summed E-state index contributed by atoms with van der Waals surface area (Å²) in [6, 6.07) is 7.72. The first kappa shape index (κ1) is 9.65. The van der Waals surface area contributed by atoms with Gasteiger partial charge in [-0.15, -0.1) is 0 Å². The molecule has 0 N–H and O–H groups in total. The molecule has 76 valence electrons. The summed E-state index contributed by atoms with van der Waals surface area (Å²) in [6.45, 7) is 1.96. The van der Waals surface area contributed by atoms with E-state index in [9.17, 15) is 0 Å². The number of hydrogen-bond acceptors (Lipinski definition) is 3. The highest BCUT2D eigenvalue weighted by Gasteiger charge is 2.06. The molecule has 2 rings (SSSR count). The molecule has 2 aromatic rings. The maximum atomic E-state index is 5.26. The molecule has 0 amide bonds. The van der Waals surface area contributed by atoms with Gasteiger partial charge in [-0.05, 0) is 25.1 Å². The molecule has 0 spiro atoms. The average Bonchev–Trinajstić information content (AvgIpc) is 2.29. The summed E-state index contributed by atoms with van der Waals surface area (Å²) >= 11 is 0. The van der Waals surface area contributed by atoms with E-state index in [2.05, 4.69) is 9.97 Å². The summed E-state index contributed by atoms with van der Waals surface area (Å²) in [5.41, 5.74) is 2.79. The van der Waals surface area contributed by atoms with Crippen LogP contribution in [0.15, 0.2) is 36.7 Å². The molecule has 0 saturated heterocycles. The first-order valence-corrected chi connectivity index (χ1v) is 4.73. The Kier molecular flexibility index (Phi) is 2.63. The summed E-state index contributed by atoms with van der Waals surface area (Å²) in [4.78, 5) is 8.51. The number of hydrogen-bond donors (Lipinski definition) is 0. The molecule has 0 bridgehead atoms. The molecule has 2 heterocycles. The van der Waals surface area contributed by atoms with Crippen molar-refractivity contribution in [1.29, 1.82) is 0 Å². The smallest absolute Gasteiger partial charge is 0.131 e. The van der Waals surface area contributed by atoms with Gasteiger partial charge >= 0.3 is 0 Å². The molecule has 0 unspecified atom stereocenters. The predicted molar refractivity (Wildman–Crippen MR) is 58.8 cm³/mol. The third-order valence-corrected chi connectivity index (χ3v) is 2.17. The van der Waals surface area contributed by atoms with Crippen LogP contribution in [0.3, 0.4) is 0 Å². The van der Waals surface area contributed by atoms with Crippen molar-refractivity contribution in [3.05, 3.63) is 42.4 Å². The zero-order valence-corrected chi connectivity index (χ0v) is 8.77. The first-order chi connectivity index (χ1) is 7.31. The number of ether oxygens (including phenoxy) is 1. The number of methoxy groups -OCH3 is 1. The van der Waals surface area contributed by atoms with E-state index in [1.165, 1.54) is 0 Å². The SMILES string of the molecule is COc1ccncc1-c1cccc(C)n1. The van der Waals surface area contributed by atoms with Gasteiger partial charge in [0.05, 0.1) is 18.4 Å². The maximum absolute atomic E-state index is 5.26. The minimum Gasteiger partial charge on any atom is -0.496 e. The zero-order chi connectivity index (χ0) is 10.7. The highest BCUT2D eigenvalue weighted by atomic mass is 16.5. The van der Waals surface area contributed by atoms with E-state index in [-0.39, 0.29) is 0 Å². The summed E-state index contributed by atoms with van der Waals surface area (Å²) < 4.78 is 5.26. The van der Waals surface area contributed by atoms with Crippen molar-refractivity contribution in [3.8, 4) is 17.0 Å². The van der Waals surface area contributed by atoms with Crippen molar-refractivity contribution in [3.63, 3.8) is 0 Å². The van der Waals surface area contributed by atoms with Crippen molar-refractivity contribution in [2.24, 2.45) is 0 Å². The molecule has 0 aliphatic rings. The van der Waals surface area contributed by atoms with Gasteiger partial charge in [0.2, 0.25) is 0 Å². The van der Waals surface area contributed by atoms with Gasteiger partial charge < -0.3 is 4.74 Å². The molecule has 15 heavy (non-hydrogen) atoms. The van der Waals surface area contributed by atoms with Gasteiger partial charge in [-0.2, -0.15) is 0 Å². The molecule has 0 aliphatic carbocycles. The quantitative estimate of drug-likeness (QED) is 0.747. The van der Waals surface area contributed by atoms with E-state index < -0.39 is 0 Å². The summed E-state index contributed by atoms with van der Waals surface area (Å²) in [6.07, 6.45) is 3.47. The van der Waals surface area contributed by atoms with Crippen LogP contribution in [0.2, 0.25) is 0 Å². The molecule has 0 atom stereocenters. The minimum absolute atomic E-state index is 0.795. The number of rotatable bonds is 2. The van der Waals surface area contributed by atoms with Gasteiger partial charge in [-0.1, -0.05) is 6.07 Å². The van der Waals surface area contributed by atoms with Crippen molar-refractivity contribution in [1.82, 2.24) is 9.97 Å². The molecular formula is C12H12N2O. The molecular weight excluding hydrogens is 188 g/mol. The van der Waals surface area contributed by atoms with Crippen LogP contribution >= 0.6 is 0 Å². The van der Waals surface area contributed by atoms with Crippen molar-refractivity contribution >= 4 is 0 Å². The molecule has 0 aromatic carbocycles. The predicted octanol–water partition coefficient (Wildman–Crippen LogP) is 2.46. The van der Waals surface area contributed by atoms with Crippen LogP contribution in [0.4, 0.5) is 0 Å². The van der Waals surface area contributed by atoms with E-state index in [0.717, 1.165) is 22.7 Å². The van der Waals surface area contributed by atoms with Crippen LogP contribution in [-0.4, -0.2) is 17.1 Å². The van der Waals surface area contributed by atoms with E-state index in [1.807, 2.05) is 31.2 Å². The van der Waals surface area contributed by atoms with Crippen LogP contribution in [0.5, 0.6) is 5.75 Å². The fraction of sp³-hybridized carbons (Fsp3) is 0.167. The molecule has 0 fully saturated rings. The zero-order valence-electron chi connectivity index (χ0n) is 8.77. The van der Waals surface area contributed by atoms with Crippen LogP contribution in [0.1, 0.15) is 5.69 Å². The largest absolute Gasteiger partial charge is 0.496 e. The standard InChI is InChI=1S/C12H12N2O/c1-9-4-3-5-11(14-9)10-8-13-7-6-12(10)15-2/h3-8H,1-2H3. The second-order valence-corrected chi connectivity index (χ2v) is 3.24. The van der Waals surface area contributed by atoms with E-state index in [4.69, 9.17) is 4.74 Å². The normalized spacial score (nSPS) is 10.0. The fourth-order valence-corrected chi connectivity index (χ4v) is 1.45. The monoisotopic (exact) mass is 200 g/mol. The number of nitrogens with zero attached hydrogens (tertiary/aromatic N) is 2. The Labute approximate surface area is 88.8 Å². The van der Waals surface area contributed by atoms with E-state index in [0.29, 0.717) is 0 Å². The van der Waals surface area contributed by atoms with Gasteiger partial charge in [-0.3, -0.25) is 9.97 Å². The Balaban J connectivity index is 2.53. The maximum Gasteiger partial charge on any atom is 0.131 e. The topological polar surface area (TPSA) is 35.0 Å². The minimum atomic E-state index is 0.795. The Morgan fingerprint density at radius 1 is 1.20 bits per heavy atom. The van der Waals surface area contributed by atoms with Gasteiger partial charge in [0.25, 0.3) is 0 Å². The lowest BCUT2D eigenvalue weighted by Crippen LogP contribution is -1.91. The highest BCUT2D eigenvalue weighted by molar-refractivity contribution is 5.65. The van der Waals surface area contributed by atoms with Gasteiger partial charge in [0, 0.05) is 18.1 Å². The third kappa shape index (κ3) is 1.96. The highest BCUT2D eigenvalue weighted by Crippen LogP contribution is 2.26. The molecule has 0 radical (unpaired) electrons. The molecule has 0 saturated carbocycles. The van der Waals surface area contributed by atoms with Crippen LogP contribution < -0.4 is 4.74 Å². The summed E-state index contributed by atoms with van der Waals surface area (Å²) in [7, 11) is 1.65. The van der Waals surface area contributed by atoms with E-state index >= 15 is 0 Å². The molecule has 0 aliphatic heterocycles. The fourth-order valence-electron chi connectivity index (χ4n) is 1.45. The molecule has 2 aromatic heterocycles. The van der Waals surface area contributed by atoms with Crippen LogP contribution in [-0.2, 0) is 0 Å². The van der Waals surface area contributed by atoms with Crippen molar-refractivity contribution in [2.75, 3.05) is 7.11 Å².